The van der Waals surface area contributed by atoms with Crippen molar-refractivity contribution in [3.05, 3.63) is 0 Å². The Morgan fingerprint density at radius 3 is 1.44 bits per heavy atom. The molecule has 0 atom stereocenters. The van der Waals surface area contributed by atoms with Gasteiger partial charge in [0.1, 0.15) is 0 Å². The summed E-state index contributed by atoms with van der Waals surface area (Å²) in [5.74, 6) is 0. The first-order valence-electron chi connectivity index (χ1n) is 2.55. The Balaban J connectivity index is 3.79. The first-order chi connectivity index (χ1) is 4.02. The van der Waals surface area contributed by atoms with Gasteiger partial charge < -0.3 is 4.23 Å². The first-order valence-corrected chi connectivity index (χ1v) is 6.47. The first kappa shape index (κ1) is 9.97. The third kappa shape index (κ3) is 3.62. The van der Waals surface area contributed by atoms with E-state index in [1.54, 1.807) is 0 Å². The molecule has 0 fully saturated rings. The summed E-state index contributed by atoms with van der Waals surface area (Å²) >= 11 is 11.3. The third-order valence-electron chi connectivity index (χ3n) is 0.840. The average molecular weight is 198 g/mol. The summed E-state index contributed by atoms with van der Waals surface area (Å²) in [6, 6.07) is 0. The number of halogens is 2. The van der Waals surface area contributed by atoms with E-state index in [1.807, 2.05) is 4.23 Å². The number of hydrogen-bond acceptors (Lipinski definition) is 1. The second-order valence-electron chi connectivity index (χ2n) is 2.68. The van der Waals surface area contributed by atoms with Crippen molar-refractivity contribution in [2.24, 2.45) is 0 Å². The standard InChI is InChI=1S/C4H9Cl2NSi2/c1-4(2,3)7(8-5)9-6/h1-3H3. The van der Waals surface area contributed by atoms with Crippen LogP contribution < -0.4 is 0 Å². The maximum absolute atomic E-state index is 5.63. The molecule has 0 aromatic heterocycles. The molecule has 5 heteroatoms. The van der Waals surface area contributed by atoms with Crippen molar-refractivity contribution >= 4 is 40.1 Å². The molecule has 52 valence electrons. The summed E-state index contributed by atoms with van der Waals surface area (Å²) in [7, 11) is 0.573. The monoisotopic (exact) mass is 197 g/mol. The molecule has 0 aliphatic rings. The Bertz CT molecular complexity index is 79.1. The molecule has 0 saturated carbocycles. The molecule has 0 bridgehead atoms. The van der Waals surface area contributed by atoms with Crippen LogP contribution in [0, 0.1) is 0 Å². The van der Waals surface area contributed by atoms with E-state index in [0.717, 1.165) is 0 Å². The van der Waals surface area contributed by atoms with Gasteiger partial charge in [0, 0.05) is 5.54 Å². The fraction of sp³-hybridized carbons (Fsp3) is 1.00. The summed E-state index contributed by atoms with van der Waals surface area (Å²) < 4.78 is 2.02. The van der Waals surface area contributed by atoms with Crippen LogP contribution in [0.2, 0.25) is 0 Å². The molecule has 0 heterocycles. The van der Waals surface area contributed by atoms with Gasteiger partial charge in [0.05, 0.1) is 0 Å². The molecule has 0 amide bonds. The summed E-state index contributed by atoms with van der Waals surface area (Å²) in [4.78, 5) is 0. The molecular weight excluding hydrogens is 189 g/mol. The van der Waals surface area contributed by atoms with E-state index in [0.29, 0.717) is 0 Å². The van der Waals surface area contributed by atoms with Gasteiger partial charge in [0.15, 0.2) is 0 Å². The van der Waals surface area contributed by atoms with Gasteiger partial charge in [-0.3, -0.25) is 0 Å². The molecule has 0 N–H and O–H groups in total. The minimum Gasteiger partial charge on any atom is -0.318 e. The van der Waals surface area contributed by atoms with Crippen molar-refractivity contribution < 1.29 is 0 Å². The lowest BCUT2D eigenvalue weighted by molar-refractivity contribution is 0.384. The van der Waals surface area contributed by atoms with Gasteiger partial charge in [-0.25, -0.2) is 0 Å². The van der Waals surface area contributed by atoms with Crippen LogP contribution >= 0.6 is 22.2 Å². The predicted molar refractivity (Wildman–Crippen MR) is 44.8 cm³/mol. The number of rotatable bonds is 2. The third-order valence-corrected chi connectivity index (χ3v) is 5.06. The Hall–Kier alpha value is 0.974. The lowest BCUT2D eigenvalue weighted by Crippen LogP contribution is -2.43. The summed E-state index contributed by atoms with van der Waals surface area (Å²) in [5.41, 5.74) is 0.111. The van der Waals surface area contributed by atoms with Crippen LogP contribution in [-0.4, -0.2) is 27.8 Å². The topological polar surface area (TPSA) is 3.24 Å². The van der Waals surface area contributed by atoms with Gasteiger partial charge in [-0.2, -0.15) is 0 Å². The molecule has 0 rings (SSSR count). The van der Waals surface area contributed by atoms with Gasteiger partial charge in [-0.05, 0) is 20.8 Å². The van der Waals surface area contributed by atoms with Crippen molar-refractivity contribution in [1.29, 1.82) is 0 Å². The summed E-state index contributed by atoms with van der Waals surface area (Å²) in [6.07, 6.45) is 0. The van der Waals surface area contributed by atoms with Crippen molar-refractivity contribution in [3.63, 3.8) is 0 Å². The van der Waals surface area contributed by atoms with E-state index in [2.05, 4.69) is 20.8 Å². The van der Waals surface area contributed by atoms with Crippen molar-refractivity contribution in [2.45, 2.75) is 26.3 Å². The van der Waals surface area contributed by atoms with Gasteiger partial charge in [0.25, 0.3) is 18.0 Å². The predicted octanol–water partition coefficient (Wildman–Crippen LogP) is 1.63. The van der Waals surface area contributed by atoms with Crippen LogP contribution in [0.15, 0.2) is 0 Å². The largest absolute Gasteiger partial charge is 0.318 e. The zero-order chi connectivity index (χ0) is 7.49. The maximum Gasteiger partial charge on any atom is 0.267 e. The van der Waals surface area contributed by atoms with Crippen LogP contribution in [0.1, 0.15) is 20.8 Å². The van der Waals surface area contributed by atoms with Gasteiger partial charge >= 0.3 is 0 Å². The lowest BCUT2D eigenvalue weighted by atomic mass is 10.1. The average Bonchev–Trinajstić information content (AvgIpc) is 1.65. The molecule has 0 aromatic rings. The molecular formula is C4H9Cl2NSi2. The van der Waals surface area contributed by atoms with E-state index in [4.69, 9.17) is 22.2 Å². The highest BCUT2D eigenvalue weighted by Gasteiger charge is 2.20. The van der Waals surface area contributed by atoms with E-state index in [1.165, 1.54) is 0 Å². The quantitative estimate of drug-likeness (QED) is 0.481. The molecule has 0 spiro atoms. The lowest BCUT2D eigenvalue weighted by Gasteiger charge is -2.30. The normalized spacial score (nSPS) is 12.7. The van der Waals surface area contributed by atoms with Crippen LogP contribution in [0.4, 0.5) is 0 Å². The number of nitrogens with zero attached hydrogens (tertiary/aromatic N) is 1. The second-order valence-corrected chi connectivity index (χ2v) is 5.37. The summed E-state index contributed by atoms with van der Waals surface area (Å²) in [5, 5.41) is 0. The van der Waals surface area contributed by atoms with Gasteiger partial charge in [0.2, 0.25) is 0 Å². The molecule has 4 radical (unpaired) electrons. The minimum absolute atomic E-state index is 0.111. The van der Waals surface area contributed by atoms with E-state index in [-0.39, 0.29) is 23.5 Å². The van der Waals surface area contributed by atoms with Crippen LogP contribution in [-0.2, 0) is 0 Å². The smallest absolute Gasteiger partial charge is 0.267 e. The van der Waals surface area contributed by atoms with Crippen LogP contribution in [0.25, 0.3) is 0 Å². The Labute approximate surface area is 70.9 Å². The van der Waals surface area contributed by atoms with E-state index in [9.17, 15) is 0 Å². The van der Waals surface area contributed by atoms with Crippen molar-refractivity contribution in [3.8, 4) is 0 Å². The molecule has 0 aromatic carbocycles. The highest BCUT2D eigenvalue weighted by atomic mass is 35.6. The Kier molecular flexibility index (Phi) is 4.41. The highest BCUT2D eigenvalue weighted by Crippen LogP contribution is 2.11. The molecule has 9 heavy (non-hydrogen) atoms. The SMILES string of the molecule is CC(C)(C)N([Si]Cl)[Si]Cl. The molecule has 0 aliphatic heterocycles. The molecule has 0 unspecified atom stereocenters. The van der Waals surface area contributed by atoms with E-state index >= 15 is 0 Å². The number of hydrogen-bond donors (Lipinski definition) is 0. The molecule has 0 saturated heterocycles. The molecule has 0 aliphatic carbocycles. The molecule has 1 nitrogen and oxygen atoms in total. The highest BCUT2D eigenvalue weighted by molar-refractivity contribution is 7.02. The second kappa shape index (κ2) is 3.98. The fourth-order valence-corrected chi connectivity index (χ4v) is 3.58. The fourth-order valence-electron chi connectivity index (χ4n) is 0.270. The zero-order valence-corrected chi connectivity index (χ0v) is 9.22. The van der Waals surface area contributed by atoms with Gasteiger partial charge in [-0.1, -0.05) is 0 Å². The van der Waals surface area contributed by atoms with Crippen molar-refractivity contribution in [2.75, 3.05) is 0 Å². The minimum atomic E-state index is 0.111. The Morgan fingerprint density at radius 1 is 1.11 bits per heavy atom. The van der Waals surface area contributed by atoms with E-state index < -0.39 is 0 Å². The zero-order valence-electron chi connectivity index (χ0n) is 5.70. The maximum atomic E-state index is 5.63. The van der Waals surface area contributed by atoms with Crippen LogP contribution in [0.5, 0.6) is 0 Å². The van der Waals surface area contributed by atoms with Crippen molar-refractivity contribution in [1.82, 2.24) is 4.23 Å². The summed E-state index contributed by atoms with van der Waals surface area (Å²) in [6.45, 7) is 6.28. The van der Waals surface area contributed by atoms with Gasteiger partial charge in [-0.15, -0.1) is 22.2 Å². The van der Waals surface area contributed by atoms with Crippen LogP contribution in [0.3, 0.4) is 0 Å². The Morgan fingerprint density at radius 2 is 1.44 bits per heavy atom.